The maximum atomic E-state index is 11.0. The van der Waals surface area contributed by atoms with Crippen LogP contribution in [-0.4, -0.2) is 60.6 Å². The predicted molar refractivity (Wildman–Crippen MR) is 107 cm³/mol. The minimum Gasteiger partial charge on any atom is -0.465 e. The van der Waals surface area contributed by atoms with Gasteiger partial charge in [0, 0.05) is 36.7 Å². The molecule has 0 spiro atoms. The van der Waals surface area contributed by atoms with E-state index < -0.39 is 0 Å². The molecular weight excluding hydrogens is 455 g/mol. The third-order valence-electron chi connectivity index (χ3n) is 3.26. The van der Waals surface area contributed by atoms with Gasteiger partial charge < -0.3 is 9.47 Å². The van der Waals surface area contributed by atoms with Crippen molar-refractivity contribution in [2.24, 2.45) is 0 Å². The van der Waals surface area contributed by atoms with Crippen molar-refractivity contribution in [3.8, 4) is 0 Å². The molecule has 0 aromatic carbocycles. The van der Waals surface area contributed by atoms with Crippen molar-refractivity contribution in [1.29, 1.82) is 0 Å². The van der Waals surface area contributed by atoms with Crippen LogP contribution < -0.4 is 0 Å². The minimum atomic E-state index is -0.382. The fraction of sp³-hybridized carbons (Fsp3) is 0.800. The Bertz CT molecular complexity index is 371. The molecule has 0 rings (SSSR count). The fourth-order valence-electron chi connectivity index (χ4n) is 1.82. The van der Waals surface area contributed by atoms with Crippen molar-refractivity contribution in [2.75, 3.05) is 13.2 Å². The predicted octanol–water partition coefficient (Wildman–Crippen LogP) is 3.80. The minimum absolute atomic E-state index is 0. The first-order valence-corrected chi connectivity index (χ1v) is 9.75. The van der Waals surface area contributed by atoms with Crippen LogP contribution in [0, 0.1) is 0 Å². The number of Topliss-reactive ketones (excluding diaryl/α,β-unsaturated/α-hetero) is 2. The molecular formula is C20H36O6Sn. The quantitative estimate of drug-likeness (QED) is 0.159. The Morgan fingerprint density at radius 3 is 1.19 bits per heavy atom. The van der Waals surface area contributed by atoms with Crippen molar-refractivity contribution in [3.63, 3.8) is 0 Å². The van der Waals surface area contributed by atoms with E-state index in [4.69, 9.17) is 9.47 Å². The number of esters is 2. The molecule has 0 aromatic rings. The van der Waals surface area contributed by atoms with Gasteiger partial charge in [-0.25, -0.2) is 0 Å². The monoisotopic (exact) mass is 492 g/mol. The number of unbranched alkanes of at least 4 members (excludes halogenated alkanes) is 2. The summed E-state index contributed by atoms with van der Waals surface area (Å²) < 4.78 is 9.68. The standard InChI is InChI=1S/2C10H18O3.Sn/c2*1-3-5-7-13-10(12)8-9(11)6-4-2;/h2*3-8H2,1-2H3;. The molecule has 0 unspecified atom stereocenters. The number of hydrogen-bond donors (Lipinski definition) is 0. The van der Waals surface area contributed by atoms with Crippen molar-refractivity contribution in [1.82, 2.24) is 0 Å². The zero-order valence-electron chi connectivity index (χ0n) is 17.4. The molecule has 0 amide bonds. The number of ketones is 2. The Labute approximate surface area is 181 Å². The van der Waals surface area contributed by atoms with E-state index in [2.05, 4.69) is 0 Å². The Kier molecular flexibility index (Phi) is 26.4. The molecule has 0 saturated heterocycles. The molecule has 4 radical (unpaired) electrons. The van der Waals surface area contributed by atoms with Crippen molar-refractivity contribution in [2.45, 2.75) is 91.9 Å². The van der Waals surface area contributed by atoms with E-state index >= 15 is 0 Å². The van der Waals surface area contributed by atoms with Gasteiger partial charge in [0.2, 0.25) is 0 Å². The van der Waals surface area contributed by atoms with Gasteiger partial charge >= 0.3 is 11.9 Å². The van der Waals surface area contributed by atoms with Crippen LogP contribution in [0.25, 0.3) is 0 Å². The van der Waals surface area contributed by atoms with Gasteiger partial charge in [0.25, 0.3) is 0 Å². The van der Waals surface area contributed by atoms with Crippen LogP contribution in [0.3, 0.4) is 0 Å². The van der Waals surface area contributed by atoms with E-state index in [9.17, 15) is 19.2 Å². The summed E-state index contributed by atoms with van der Waals surface area (Å²) >= 11 is 0. The second-order valence-corrected chi connectivity index (χ2v) is 6.08. The van der Waals surface area contributed by atoms with Crippen LogP contribution in [0.5, 0.6) is 0 Å². The van der Waals surface area contributed by atoms with Crippen LogP contribution in [0.4, 0.5) is 0 Å². The Hall–Kier alpha value is -0.921. The van der Waals surface area contributed by atoms with Gasteiger partial charge in [-0.3, -0.25) is 19.2 Å². The van der Waals surface area contributed by atoms with E-state index in [1.165, 1.54) is 0 Å². The van der Waals surface area contributed by atoms with Gasteiger partial charge in [-0.15, -0.1) is 0 Å². The summed E-state index contributed by atoms with van der Waals surface area (Å²) in [7, 11) is 0. The summed E-state index contributed by atoms with van der Waals surface area (Å²) in [5.74, 6) is -0.813. The van der Waals surface area contributed by atoms with E-state index in [0.717, 1.165) is 38.5 Å². The molecule has 0 N–H and O–H groups in total. The first-order valence-electron chi connectivity index (χ1n) is 9.75. The second-order valence-electron chi connectivity index (χ2n) is 6.08. The molecule has 0 saturated carbocycles. The molecule has 156 valence electrons. The van der Waals surface area contributed by atoms with Gasteiger partial charge in [-0.2, -0.15) is 0 Å². The summed E-state index contributed by atoms with van der Waals surface area (Å²) in [4.78, 5) is 43.9. The van der Waals surface area contributed by atoms with Gasteiger partial charge in [0.15, 0.2) is 0 Å². The summed E-state index contributed by atoms with van der Waals surface area (Å²) in [5, 5.41) is 0. The first-order chi connectivity index (χ1) is 12.4. The van der Waals surface area contributed by atoms with Crippen molar-refractivity contribution < 1.29 is 28.7 Å². The average molecular weight is 491 g/mol. The number of hydrogen-bond acceptors (Lipinski definition) is 6. The SMILES string of the molecule is CCCCOC(=O)CC(=O)CCC.CCCCOC(=O)CC(=O)CCC.[Sn]. The number of ether oxygens (including phenoxy) is 2. The Morgan fingerprint density at radius 2 is 0.926 bits per heavy atom. The van der Waals surface area contributed by atoms with Crippen LogP contribution in [0.2, 0.25) is 0 Å². The third kappa shape index (κ3) is 25.1. The van der Waals surface area contributed by atoms with Crippen molar-refractivity contribution >= 4 is 47.4 Å². The van der Waals surface area contributed by atoms with Crippen LogP contribution in [0.1, 0.15) is 91.9 Å². The molecule has 0 atom stereocenters. The molecule has 0 aromatic heterocycles. The normalized spacial score (nSPS) is 9.33. The maximum Gasteiger partial charge on any atom is 0.313 e. The van der Waals surface area contributed by atoms with Crippen LogP contribution >= 0.6 is 0 Å². The molecule has 0 fully saturated rings. The van der Waals surface area contributed by atoms with E-state index in [-0.39, 0.29) is 60.3 Å². The number of rotatable bonds is 14. The van der Waals surface area contributed by atoms with E-state index in [1.54, 1.807) is 0 Å². The summed E-state index contributed by atoms with van der Waals surface area (Å²) in [6, 6.07) is 0. The molecule has 27 heavy (non-hydrogen) atoms. The zero-order valence-corrected chi connectivity index (χ0v) is 20.3. The van der Waals surface area contributed by atoms with E-state index in [1.807, 2.05) is 27.7 Å². The Balaban J connectivity index is -0.000000411. The number of carbonyl (C=O) groups excluding carboxylic acids is 4. The fourth-order valence-corrected chi connectivity index (χ4v) is 1.82. The molecule has 0 aliphatic heterocycles. The molecule has 6 nitrogen and oxygen atoms in total. The van der Waals surface area contributed by atoms with Gasteiger partial charge in [0.05, 0.1) is 13.2 Å². The zero-order chi connectivity index (χ0) is 20.2. The maximum absolute atomic E-state index is 11.0. The largest absolute Gasteiger partial charge is 0.465 e. The summed E-state index contributed by atoms with van der Waals surface area (Å²) in [6.07, 6.45) is 6.15. The topological polar surface area (TPSA) is 86.7 Å². The van der Waals surface area contributed by atoms with Crippen LogP contribution in [-0.2, 0) is 28.7 Å². The molecule has 0 bridgehead atoms. The van der Waals surface area contributed by atoms with Gasteiger partial charge in [0.1, 0.15) is 24.4 Å². The van der Waals surface area contributed by atoms with E-state index in [0.29, 0.717) is 26.1 Å². The first kappa shape index (κ1) is 30.8. The molecule has 7 heteroatoms. The number of carbonyl (C=O) groups is 4. The van der Waals surface area contributed by atoms with Gasteiger partial charge in [-0.1, -0.05) is 40.5 Å². The summed E-state index contributed by atoms with van der Waals surface area (Å²) in [6.45, 7) is 8.76. The van der Waals surface area contributed by atoms with Crippen molar-refractivity contribution in [3.05, 3.63) is 0 Å². The third-order valence-corrected chi connectivity index (χ3v) is 3.26. The molecule has 0 heterocycles. The molecule has 0 aliphatic rings. The molecule has 0 aliphatic carbocycles. The smallest absolute Gasteiger partial charge is 0.313 e. The van der Waals surface area contributed by atoms with Gasteiger partial charge in [-0.05, 0) is 25.7 Å². The average Bonchev–Trinajstić information content (AvgIpc) is 2.56. The second kappa shape index (κ2) is 23.1. The Morgan fingerprint density at radius 1 is 0.593 bits per heavy atom. The van der Waals surface area contributed by atoms with Crippen LogP contribution in [0.15, 0.2) is 0 Å². The summed E-state index contributed by atoms with van der Waals surface area (Å²) in [5.41, 5.74) is 0.